The largest absolute Gasteiger partial charge is 0.310 e. The van der Waals surface area contributed by atoms with Gasteiger partial charge in [-0.3, -0.25) is 0 Å². The molecule has 2 heteroatoms. The molecule has 66 heavy (non-hydrogen) atoms. The molecular formula is C64H44N2. The lowest BCUT2D eigenvalue weighted by Gasteiger charge is -2.29. The van der Waals surface area contributed by atoms with Crippen LogP contribution in [0.5, 0.6) is 0 Å². The molecule has 1 heterocycles. The van der Waals surface area contributed by atoms with E-state index in [1.54, 1.807) is 0 Å². The van der Waals surface area contributed by atoms with Gasteiger partial charge in [0.2, 0.25) is 0 Å². The molecule has 0 saturated heterocycles. The maximum atomic E-state index is 2.44. The summed E-state index contributed by atoms with van der Waals surface area (Å²) in [7, 11) is 0. The fraction of sp³-hybridized carbons (Fsp3) is 0. The molecule has 0 aliphatic carbocycles. The lowest BCUT2D eigenvalue weighted by Crippen LogP contribution is -2.11. The highest BCUT2D eigenvalue weighted by Crippen LogP contribution is 2.47. The zero-order chi connectivity index (χ0) is 43.8. The van der Waals surface area contributed by atoms with Gasteiger partial charge < -0.3 is 9.47 Å². The molecule has 12 rings (SSSR count). The van der Waals surface area contributed by atoms with Crippen LogP contribution in [0.25, 0.3) is 93.9 Å². The van der Waals surface area contributed by atoms with E-state index in [2.05, 4.69) is 276 Å². The van der Waals surface area contributed by atoms with E-state index in [1.165, 1.54) is 77.1 Å². The van der Waals surface area contributed by atoms with Crippen molar-refractivity contribution in [2.45, 2.75) is 0 Å². The molecule has 0 unspecified atom stereocenters. The van der Waals surface area contributed by atoms with Crippen molar-refractivity contribution in [3.8, 4) is 61.3 Å². The van der Waals surface area contributed by atoms with Crippen molar-refractivity contribution in [3.63, 3.8) is 0 Å². The average molecular weight is 841 g/mol. The Bertz CT molecular complexity index is 3700. The summed E-state index contributed by atoms with van der Waals surface area (Å²) in [5.74, 6) is 0. The van der Waals surface area contributed by atoms with Gasteiger partial charge in [0.1, 0.15) is 0 Å². The van der Waals surface area contributed by atoms with Crippen LogP contribution in [0.15, 0.2) is 267 Å². The van der Waals surface area contributed by atoms with Crippen molar-refractivity contribution in [1.82, 2.24) is 4.57 Å². The van der Waals surface area contributed by atoms with Crippen molar-refractivity contribution < 1.29 is 0 Å². The lowest BCUT2D eigenvalue weighted by atomic mass is 9.88. The summed E-state index contributed by atoms with van der Waals surface area (Å²) in [6, 6.07) is 97.0. The SMILES string of the molecule is c1ccc(-c2ccccc2-c2ccccc2-c2ccccc2N(c2ccc(-c3ccc4ccccc4c3)cc2)c2cccc(-c3cccc4c5ccccc5n(-c5ccccc5)c34)c2)cc1. The number of benzene rings is 11. The number of hydrogen-bond donors (Lipinski definition) is 0. The smallest absolute Gasteiger partial charge is 0.0619 e. The molecule has 0 fully saturated rings. The fourth-order valence-electron chi connectivity index (χ4n) is 9.95. The predicted octanol–water partition coefficient (Wildman–Crippen LogP) is 17.7. The van der Waals surface area contributed by atoms with Crippen molar-refractivity contribution >= 4 is 49.6 Å². The highest BCUT2D eigenvalue weighted by Gasteiger charge is 2.22. The van der Waals surface area contributed by atoms with Crippen molar-refractivity contribution in [3.05, 3.63) is 267 Å². The summed E-state index contributed by atoms with van der Waals surface area (Å²) in [6.45, 7) is 0. The minimum atomic E-state index is 1.07. The first-order valence-corrected chi connectivity index (χ1v) is 22.7. The van der Waals surface area contributed by atoms with E-state index in [4.69, 9.17) is 0 Å². The second-order valence-corrected chi connectivity index (χ2v) is 16.9. The van der Waals surface area contributed by atoms with Gasteiger partial charge in [-0.1, -0.05) is 212 Å². The minimum Gasteiger partial charge on any atom is -0.310 e. The molecule has 12 aromatic rings. The molecule has 0 N–H and O–H groups in total. The summed E-state index contributed by atoms with van der Waals surface area (Å²) in [4.78, 5) is 2.44. The summed E-state index contributed by atoms with van der Waals surface area (Å²) in [6.07, 6.45) is 0. The molecule has 0 radical (unpaired) electrons. The van der Waals surface area contributed by atoms with Crippen LogP contribution < -0.4 is 4.90 Å². The Morgan fingerprint density at radius 1 is 0.273 bits per heavy atom. The highest BCUT2D eigenvalue weighted by atomic mass is 15.1. The van der Waals surface area contributed by atoms with E-state index >= 15 is 0 Å². The first-order valence-electron chi connectivity index (χ1n) is 22.7. The molecule has 0 amide bonds. The van der Waals surface area contributed by atoms with E-state index in [9.17, 15) is 0 Å². The number of hydrogen-bond acceptors (Lipinski definition) is 1. The third-order valence-corrected chi connectivity index (χ3v) is 13.0. The van der Waals surface area contributed by atoms with E-state index in [0.717, 1.165) is 33.9 Å². The van der Waals surface area contributed by atoms with E-state index in [1.807, 2.05) is 0 Å². The average Bonchev–Trinajstić information content (AvgIpc) is 3.74. The zero-order valence-electron chi connectivity index (χ0n) is 36.3. The quantitative estimate of drug-likeness (QED) is 0.141. The molecule has 0 atom stereocenters. The normalized spacial score (nSPS) is 11.3. The summed E-state index contributed by atoms with van der Waals surface area (Å²) in [5, 5.41) is 4.95. The third kappa shape index (κ3) is 6.93. The topological polar surface area (TPSA) is 8.17 Å². The van der Waals surface area contributed by atoms with Gasteiger partial charge in [0.05, 0.1) is 16.7 Å². The van der Waals surface area contributed by atoms with Gasteiger partial charge in [0, 0.05) is 39.0 Å². The first kappa shape index (κ1) is 38.9. The Kier molecular flexibility index (Phi) is 9.89. The van der Waals surface area contributed by atoms with Crippen LogP contribution in [-0.4, -0.2) is 4.57 Å². The molecule has 0 aliphatic rings. The van der Waals surface area contributed by atoms with Gasteiger partial charge >= 0.3 is 0 Å². The second-order valence-electron chi connectivity index (χ2n) is 16.9. The van der Waals surface area contributed by atoms with Gasteiger partial charge in [-0.2, -0.15) is 0 Å². The monoisotopic (exact) mass is 840 g/mol. The van der Waals surface area contributed by atoms with Crippen LogP contribution in [0.4, 0.5) is 17.1 Å². The van der Waals surface area contributed by atoms with E-state index in [-0.39, 0.29) is 0 Å². The Labute approximate surface area is 385 Å². The molecule has 0 bridgehead atoms. The maximum absolute atomic E-state index is 2.44. The number of anilines is 3. The molecular weight excluding hydrogens is 797 g/mol. The summed E-state index contributed by atoms with van der Waals surface area (Å²) >= 11 is 0. The number of aromatic nitrogens is 1. The number of fused-ring (bicyclic) bond motifs is 4. The molecule has 0 saturated carbocycles. The maximum Gasteiger partial charge on any atom is 0.0619 e. The van der Waals surface area contributed by atoms with Gasteiger partial charge in [-0.15, -0.1) is 0 Å². The van der Waals surface area contributed by atoms with Crippen LogP contribution in [-0.2, 0) is 0 Å². The molecule has 1 aromatic heterocycles. The Morgan fingerprint density at radius 2 is 0.818 bits per heavy atom. The highest BCUT2D eigenvalue weighted by molar-refractivity contribution is 6.14. The second kappa shape index (κ2) is 16.8. The molecule has 2 nitrogen and oxygen atoms in total. The molecule has 11 aromatic carbocycles. The van der Waals surface area contributed by atoms with Crippen LogP contribution in [0, 0.1) is 0 Å². The molecule has 0 spiro atoms. The van der Waals surface area contributed by atoms with Crippen molar-refractivity contribution in [2.24, 2.45) is 0 Å². The van der Waals surface area contributed by atoms with Crippen molar-refractivity contribution in [1.29, 1.82) is 0 Å². The number of nitrogens with zero attached hydrogens (tertiary/aromatic N) is 2. The summed E-state index contributed by atoms with van der Waals surface area (Å²) < 4.78 is 2.43. The Balaban J connectivity index is 1.05. The lowest BCUT2D eigenvalue weighted by molar-refractivity contribution is 1.18. The van der Waals surface area contributed by atoms with Gasteiger partial charge in [0.15, 0.2) is 0 Å². The van der Waals surface area contributed by atoms with Gasteiger partial charge in [-0.05, 0) is 110 Å². The zero-order valence-corrected chi connectivity index (χ0v) is 36.3. The van der Waals surface area contributed by atoms with Crippen LogP contribution in [0.1, 0.15) is 0 Å². The van der Waals surface area contributed by atoms with Gasteiger partial charge in [0.25, 0.3) is 0 Å². The molecule has 310 valence electrons. The molecule has 0 aliphatic heterocycles. The minimum absolute atomic E-state index is 1.07. The van der Waals surface area contributed by atoms with E-state index < -0.39 is 0 Å². The Morgan fingerprint density at radius 3 is 1.61 bits per heavy atom. The van der Waals surface area contributed by atoms with Crippen molar-refractivity contribution in [2.75, 3.05) is 4.90 Å². The fourth-order valence-corrected chi connectivity index (χ4v) is 9.95. The van der Waals surface area contributed by atoms with Crippen LogP contribution >= 0.6 is 0 Å². The van der Waals surface area contributed by atoms with E-state index in [0.29, 0.717) is 0 Å². The first-order chi connectivity index (χ1) is 32.8. The third-order valence-electron chi connectivity index (χ3n) is 13.0. The number of para-hydroxylation sites is 4. The van der Waals surface area contributed by atoms with Gasteiger partial charge in [-0.25, -0.2) is 0 Å². The Hall–Kier alpha value is -8.72. The van der Waals surface area contributed by atoms with Crippen LogP contribution in [0.3, 0.4) is 0 Å². The van der Waals surface area contributed by atoms with Crippen LogP contribution in [0.2, 0.25) is 0 Å². The summed E-state index contributed by atoms with van der Waals surface area (Å²) in [5.41, 5.74) is 18.6. The number of rotatable bonds is 9. The predicted molar refractivity (Wildman–Crippen MR) is 280 cm³/mol. The standard InChI is InChI=1S/C64H44N2/c1-3-20-47(21-4-1)54-27-9-10-28-56(54)57-29-11-12-30-58(57)59-31-13-15-35-62(59)65(52-41-39-46(40-42-52)49-38-37-45-19-7-8-22-48(45)43-49)53-26-17-23-50(44-53)55-33-18-34-61-60-32-14-16-36-63(60)66(64(55)61)51-24-5-2-6-25-51/h1-44H.